The zero-order valence-corrected chi connectivity index (χ0v) is 12.0. The first kappa shape index (κ1) is 13.8. The van der Waals surface area contributed by atoms with Crippen LogP contribution >= 0.6 is 11.3 Å². The number of aromatic nitrogens is 2. The lowest BCUT2D eigenvalue weighted by atomic mass is 10.2. The second-order valence-corrected chi connectivity index (χ2v) is 4.81. The molecule has 0 aliphatic rings. The van der Waals surface area contributed by atoms with Gasteiger partial charge in [0.15, 0.2) is 0 Å². The molecular formula is C13H17N3O2S. The van der Waals surface area contributed by atoms with Crippen molar-refractivity contribution in [2.75, 3.05) is 14.2 Å². The Balaban J connectivity index is 2.10. The van der Waals surface area contributed by atoms with E-state index in [1.807, 2.05) is 0 Å². The van der Waals surface area contributed by atoms with Gasteiger partial charge in [0.25, 0.3) is 0 Å². The van der Waals surface area contributed by atoms with Gasteiger partial charge in [-0.3, -0.25) is 0 Å². The zero-order chi connectivity index (χ0) is 13.7. The summed E-state index contributed by atoms with van der Waals surface area (Å²) < 4.78 is 10.5. The van der Waals surface area contributed by atoms with Gasteiger partial charge >= 0.3 is 0 Å². The minimum Gasteiger partial charge on any atom is -0.481 e. The van der Waals surface area contributed by atoms with E-state index in [4.69, 9.17) is 9.47 Å². The van der Waals surface area contributed by atoms with Crippen LogP contribution in [0.5, 0.6) is 11.8 Å². The van der Waals surface area contributed by atoms with Crippen molar-refractivity contribution in [1.82, 2.24) is 15.3 Å². The van der Waals surface area contributed by atoms with E-state index in [1.165, 1.54) is 11.9 Å². The summed E-state index contributed by atoms with van der Waals surface area (Å²) in [5.41, 5.74) is 2.09. The van der Waals surface area contributed by atoms with Crippen LogP contribution in [0.15, 0.2) is 23.2 Å². The van der Waals surface area contributed by atoms with Crippen LogP contribution in [0.4, 0.5) is 0 Å². The van der Waals surface area contributed by atoms with E-state index in [0.29, 0.717) is 18.3 Å². The molecule has 2 rings (SSSR count). The molecular weight excluding hydrogens is 262 g/mol. The summed E-state index contributed by atoms with van der Waals surface area (Å²) in [4.78, 5) is 8.19. The van der Waals surface area contributed by atoms with Crippen LogP contribution in [0.25, 0.3) is 0 Å². The number of nitrogens with one attached hydrogen (secondary N) is 1. The van der Waals surface area contributed by atoms with Crippen molar-refractivity contribution in [1.29, 1.82) is 0 Å². The van der Waals surface area contributed by atoms with Crippen LogP contribution in [0.1, 0.15) is 24.1 Å². The molecule has 2 heterocycles. The quantitative estimate of drug-likeness (QED) is 0.880. The molecule has 0 aliphatic heterocycles. The third-order valence-corrected chi connectivity index (χ3v) is 3.58. The highest BCUT2D eigenvalue weighted by Gasteiger charge is 2.14. The number of hydrogen-bond donors (Lipinski definition) is 1. The molecule has 0 spiro atoms. The van der Waals surface area contributed by atoms with Gasteiger partial charge in [0, 0.05) is 12.6 Å². The summed E-state index contributed by atoms with van der Waals surface area (Å²) in [6, 6.07) is 2.36. The van der Waals surface area contributed by atoms with Gasteiger partial charge in [-0.05, 0) is 29.3 Å². The summed E-state index contributed by atoms with van der Waals surface area (Å²) in [6.45, 7) is 2.70. The third kappa shape index (κ3) is 3.21. The molecule has 1 atom stereocenters. The van der Waals surface area contributed by atoms with Gasteiger partial charge in [0.05, 0.1) is 19.8 Å². The lowest BCUT2D eigenvalue weighted by molar-refractivity contribution is 0.357. The molecule has 6 heteroatoms. The fraction of sp³-hybridized carbons (Fsp3) is 0.385. The maximum absolute atomic E-state index is 5.24. The van der Waals surface area contributed by atoms with Crippen molar-refractivity contribution in [3.63, 3.8) is 0 Å². The van der Waals surface area contributed by atoms with Gasteiger partial charge in [-0.25, -0.2) is 9.97 Å². The van der Waals surface area contributed by atoms with E-state index >= 15 is 0 Å². The standard InChI is InChI=1S/C13H17N3O2S/c1-9(10-4-5-19-7-10)14-6-11-12(17-2)15-8-16-13(11)18-3/h4-5,7-9,14H,6H2,1-3H3. The Labute approximate surface area is 116 Å². The first-order chi connectivity index (χ1) is 9.26. The topological polar surface area (TPSA) is 56.3 Å². The van der Waals surface area contributed by atoms with Gasteiger partial charge in [-0.15, -0.1) is 0 Å². The van der Waals surface area contributed by atoms with Crippen molar-refractivity contribution in [2.45, 2.75) is 19.5 Å². The Morgan fingerprint density at radius 1 is 1.26 bits per heavy atom. The Morgan fingerprint density at radius 3 is 2.47 bits per heavy atom. The van der Waals surface area contributed by atoms with Crippen LogP contribution in [0, 0.1) is 0 Å². The van der Waals surface area contributed by atoms with Gasteiger partial charge < -0.3 is 14.8 Å². The van der Waals surface area contributed by atoms with Gasteiger partial charge in [0.1, 0.15) is 6.33 Å². The second kappa shape index (κ2) is 6.49. The number of methoxy groups -OCH3 is 2. The number of nitrogens with zero attached hydrogens (tertiary/aromatic N) is 2. The lowest BCUT2D eigenvalue weighted by Crippen LogP contribution is -2.19. The van der Waals surface area contributed by atoms with E-state index < -0.39 is 0 Å². The van der Waals surface area contributed by atoms with E-state index in [0.717, 1.165) is 5.56 Å². The molecule has 102 valence electrons. The van der Waals surface area contributed by atoms with Crippen LogP contribution in [0.3, 0.4) is 0 Å². The molecule has 0 aliphatic carbocycles. The van der Waals surface area contributed by atoms with Gasteiger partial charge in [0.2, 0.25) is 11.8 Å². The maximum Gasteiger partial charge on any atom is 0.224 e. The van der Waals surface area contributed by atoms with Crippen molar-refractivity contribution in [3.8, 4) is 11.8 Å². The normalized spacial score (nSPS) is 12.2. The molecule has 1 N–H and O–H groups in total. The molecule has 0 fully saturated rings. The monoisotopic (exact) mass is 279 g/mol. The third-order valence-electron chi connectivity index (χ3n) is 2.88. The van der Waals surface area contributed by atoms with Gasteiger partial charge in [-0.1, -0.05) is 0 Å². The Morgan fingerprint density at radius 2 is 1.95 bits per heavy atom. The van der Waals surface area contributed by atoms with Crippen molar-refractivity contribution in [2.24, 2.45) is 0 Å². The Bertz CT molecular complexity index is 494. The van der Waals surface area contributed by atoms with E-state index in [-0.39, 0.29) is 6.04 Å². The predicted octanol–water partition coefficient (Wildman–Crippen LogP) is 2.41. The fourth-order valence-corrected chi connectivity index (χ4v) is 2.53. The summed E-state index contributed by atoms with van der Waals surface area (Å²) in [6.07, 6.45) is 1.43. The van der Waals surface area contributed by atoms with Crippen LogP contribution < -0.4 is 14.8 Å². The SMILES string of the molecule is COc1ncnc(OC)c1CNC(C)c1ccsc1. The second-order valence-electron chi connectivity index (χ2n) is 4.03. The highest BCUT2D eigenvalue weighted by molar-refractivity contribution is 7.07. The van der Waals surface area contributed by atoms with E-state index in [9.17, 15) is 0 Å². The first-order valence-electron chi connectivity index (χ1n) is 5.93. The smallest absolute Gasteiger partial charge is 0.224 e. The Hall–Kier alpha value is -1.66. The molecule has 0 amide bonds. The van der Waals surface area contributed by atoms with E-state index in [2.05, 4.69) is 39.0 Å². The fourth-order valence-electron chi connectivity index (χ4n) is 1.78. The summed E-state index contributed by atoms with van der Waals surface area (Å²) in [7, 11) is 3.18. The Kier molecular flexibility index (Phi) is 4.70. The number of hydrogen-bond acceptors (Lipinski definition) is 6. The first-order valence-corrected chi connectivity index (χ1v) is 6.88. The van der Waals surface area contributed by atoms with Crippen molar-refractivity contribution >= 4 is 11.3 Å². The highest BCUT2D eigenvalue weighted by atomic mass is 32.1. The molecule has 5 nitrogen and oxygen atoms in total. The largest absolute Gasteiger partial charge is 0.481 e. The lowest BCUT2D eigenvalue weighted by Gasteiger charge is -2.15. The minimum atomic E-state index is 0.251. The molecule has 2 aromatic heterocycles. The maximum atomic E-state index is 5.24. The van der Waals surface area contributed by atoms with Crippen LogP contribution in [-0.2, 0) is 6.54 Å². The summed E-state index contributed by atoms with van der Waals surface area (Å²) >= 11 is 1.69. The predicted molar refractivity (Wildman–Crippen MR) is 74.7 cm³/mol. The number of rotatable bonds is 6. The molecule has 0 saturated carbocycles. The molecule has 0 bridgehead atoms. The zero-order valence-electron chi connectivity index (χ0n) is 11.2. The summed E-state index contributed by atoms with van der Waals surface area (Å²) in [5, 5.41) is 7.62. The molecule has 0 aromatic carbocycles. The van der Waals surface area contributed by atoms with Crippen molar-refractivity contribution < 1.29 is 9.47 Å². The molecule has 0 saturated heterocycles. The van der Waals surface area contributed by atoms with Crippen LogP contribution in [0.2, 0.25) is 0 Å². The highest BCUT2D eigenvalue weighted by Crippen LogP contribution is 2.24. The van der Waals surface area contributed by atoms with Gasteiger partial charge in [-0.2, -0.15) is 11.3 Å². The van der Waals surface area contributed by atoms with E-state index in [1.54, 1.807) is 25.6 Å². The number of ether oxygens (including phenoxy) is 2. The average molecular weight is 279 g/mol. The number of thiophene rings is 1. The average Bonchev–Trinajstić information content (AvgIpc) is 2.98. The minimum absolute atomic E-state index is 0.251. The molecule has 2 aromatic rings. The molecule has 19 heavy (non-hydrogen) atoms. The molecule has 0 radical (unpaired) electrons. The molecule has 1 unspecified atom stereocenters. The van der Waals surface area contributed by atoms with Crippen LogP contribution in [-0.4, -0.2) is 24.2 Å². The summed E-state index contributed by atoms with van der Waals surface area (Å²) in [5.74, 6) is 1.08. The van der Waals surface area contributed by atoms with Crippen molar-refractivity contribution in [3.05, 3.63) is 34.3 Å².